The average molecular weight is 279 g/mol. The summed E-state index contributed by atoms with van der Waals surface area (Å²) >= 11 is 1.68. The van der Waals surface area contributed by atoms with E-state index >= 15 is 0 Å². The van der Waals surface area contributed by atoms with E-state index < -0.39 is 0 Å². The summed E-state index contributed by atoms with van der Waals surface area (Å²) in [6.45, 7) is 0.966. The van der Waals surface area contributed by atoms with Gasteiger partial charge in [-0.1, -0.05) is 0 Å². The van der Waals surface area contributed by atoms with Gasteiger partial charge in [-0.2, -0.15) is 0 Å². The van der Waals surface area contributed by atoms with E-state index in [-0.39, 0.29) is 18.6 Å². The van der Waals surface area contributed by atoms with Gasteiger partial charge < -0.3 is 10.0 Å². The zero-order valence-electron chi connectivity index (χ0n) is 11.3. The van der Waals surface area contributed by atoms with Crippen LogP contribution in [0.15, 0.2) is 29.2 Å². The second kappa shape index (κ2) is 6.96. The molecule has 19 heavy (non-hydrogen) atoms. The molecule has 4 heteroatoms. The number of aliphatic hydroxyl groups excluding tert-OH is 1. The predicted molar refractivity (Wildman–Crippen MR) is 78.6 cm³/mol. The van der Waals surface area contributed by atoms with Crippen molar-refractivity contribution >= 4 is 17.7 Å². The highest BCUT2D eigenvalue weighted by atomic mass is 32.2. The Morgan fingerprint density at radius 2 is 2.11 bits per heavy atom. The van der Waals surface area contributed by atoms with Crippen molar-refractivity contribution in [3.63, 3.8) is 0 Å². The Bertz CT molecular complexity index is 417. The minimum atomic E-state index is 0.103. The van der Waals surface area contributed by atoms with Crippen LogP contribution in [-0.2, 0) is 0 Å². The van der Waals surface area contributed by atoms with Gasteiger partial charge in [-0.15, -0.1) is 11.8 Å². The Labute approximate surface area is 119 Å². The van der Waals surface area contributed by atoms with Crippen LogP contribution in [0.2, 0.25) is 0 Å². The molecule has 1 aliphatic heterocycles. The standard InChI is InChI=1S/C15H21NO2S/c1-19-14-7-5-12(6-8-14)15(18)16-10-3-2-4-13(16)9-11-17/h5-8,13,17H,2-4,9-11H2,1H3. The predicted octanol–water partition coefficient (Wildman–Crippen LogP) is 2.79. The van der Waals surface area contributed by atoms with Crippen LogP contribution in [0.4, 0.5) is 0 Å². The van der Waals surface area contributed by atoms with Gasteiger partial charge in [0.15, 0.2) is 0 Å². The molecule has 1 saturated heterocycles. The highest BCUT2D eigenvalue weighted by molar-refractivity contribution is 7.98. The summed E-state index contributed by atoms with van der Waals surface area (Å²) in [6.07, 6.45) is 5.94. The lowest BCUT2D eigenvalue weighted by Gasteiger charge is -2.35. The summed E-state index contributed by atoms with van der Waals surface area (Å²) < 4.78 is 0. The fourth-order valence-corrected chi connectivity index (χ4v) is 3.02. The fourth-order valence-electron chi connectivity index (χ4n) is 2.62. The lowest BCUT2D eigenvalue weighted by Crippen LogP contribution is -2.44. The van der Waals surface area contributed by atoms with Gasteiger partial charge in [-0.25, -0.2) is 0 Å². The molecule has 2 rings (SSSR count). The van der Waals surface area contributed by atoms with Gasteiger partial charge in [0.05, 0.1) is 0 Å². The van der Waals surface area contributed by atoms with Crippen molar-refractivity contribution in [2.24, 2.45) is 0 Å². The topological polar surface area (TPSA) is 40.5 Å². The second-order valence-electron chi connectivity index (χ2n) is 4.89. The zero-order chi connectivity index (χ0) is 13.7. The number of likely N-dealkylation sites (tertiary alicyclic amines) is 1. The molecular formula is C15H21NO2S. The monoisotopic (exact) mass is 279 g/mol. The quantitative estimate of drug-likeness (QED) is 0.862. The summed E-state index contributed by atoms with van der Waals surface area (Å²) in [5.41, 5.74) is 0.752. The number of nitrogens with zero attached hydrogens (tertiary/aromatic N) is 1. The van der Waals surface area contributed by atoms with Crippen LogP contribution in [0.3, 0.4) is 0 Å². The number of hydrogen-bond acceptors (Lipinski definition) is 3. The Morgan fingerprint density at radius 1 is 1.37 bits per heavy atom. The molecule has 1 aliphatic rings. The van der Waals surface area contributed by atoms with Crippen LogP contribution in [-0.4, -0.2) is 41.4 Å². The third-order valence-electron chi connectivity index (χ3n) is 3.69. The molecular weight excluding hydrogens is 258 g/mol. The van der Waals surface area contributed by atoms with Crippen molar-refractivity contribution in [1.29, 1.82) is 0 Å². The molecule has 1 aromatic carbocycles. The average Bonchev–Trinajstić information content (AvgIpc) is 2.47. The summed E-state index contributed by atoms with van der Waals surface area (Å²) in [4.78, 5) is 15.6. The van der Waals surface area contributed by atoms with E-state index in [4.69, 9.17) is 5.11 Å². The number of aliphatic hydroxyl groups is 1. The minimum absolute atomic E-state index is 0.103. The van der Waals surface area contributed by atoms with Gasteiger partial charge in [-0.05, 0) is 56.2 Å². The van der Waals surface area contributed by atoms with E-state index in [0.29, 0.717) is 6.42 Å². The van der Waals surface area contributed by atoms with E-state index in [0.717, 1.165) is 31.4 Å². The van der Waals surface area contributed by atoms with Crippen molar-refractivity contribution in [3.8, 4) is 0 Å². The first-order valence-corrected chi connectivity index (χ1v) is 8.04. The van der Waals surface area contributed by atoms with Crippen LogP contribution >= 0.6 is 11.8 Å². The molecule has 1 aromatic rings. The first-order chi connectivity index (χ1) is 9.26. The highest BCUT2D eigenvalue weighted by Crippen LogP contribution is 2.23. The number of carbonyl (C=O) groups is 1. The van der Waals surface area contributed by atoms with Crippen molar-refractivity contribution in [1.82, 2.24) is 4.90 Å². The zero-order valence-corrected chi connectivity index (χ0v) is 12.2. The summed E-state index contributed by atoms with van der Waals surface area (Å²) in [7, 11) is 0. The second-order valence-corrected chi connectivity index (χ2v) is 5.77. The largest absolute Gasteiger partial charge is 0.396 e. The molecule has 3 nitrogen and oxygen atoms in total. The van der Waals surface area contributed by atoms with Gasteiger partial charge in [-0.3, -0.25) is 4.79 Å². The van der Waals surface area contributed by atoms with Crippen LogP contribution in [0.1, 0.15) is 36.0 Å². The van der Waals surface area contributed by atoms with Gasteiger partial charge in [0.25, 0.3) is 5.91 Å². The molecule has 0 saturated carbocycles. The lowest BCUT2D eigenvalue weighted by molar-refractivity contribution is 0.0574. The molecule has 1 N–H and O–H groups in total. The lowest BCUT2D eigenvalue weighted by atomic mass is 9.98. The first-order valence-electron chi connectivity index (χ1n) is 6.82. The third kappa shape index (κ3) is 3.51. The Kier molecular flexibility index (Phi) is 5.28. The summed E-state index contributed by atoms with van der Waals surface area (Å²) in [6, 6.07) is 7.98. The van der Waals surface area contributed by atoms with Crippen LogP contribution < -0.4 is 0 Å². The SMILES string of the molecule is CSc1ccc(C(=O)N2CCCCC2CCO)cc1. The number of benzene rings is 1. The molecule has 1 fully saturated rings. The molecule has 1 amide bonds. The van der Waals surface area contributed by atoms with Gasteiger partial charge >= 0.3 is 0 Å². The molecule has 1 unspecified atom stereocenters. The Balaban J connectivity index is 2.11. The van der Waals surface area contributed by atoms with E-state index in [1.54, 1.807) is 11.8 Å². The van der Waals surface area contributed by atoms with Gasteiger partial charge in [0.1, 0.15) is 0 Å². The molecule has 0 radical (unpaired) electrons. The van der Waals surface area contributed by atoms with Crippen LogP contribution in [0.25, 0.3) is 0 Å². The van der Waals surface area contributed by atoms with Crippen molar-refractivity contribution in [2.75, 3.05) is 19.4 Å². The van der Waals surface area contributed by atoms with E-state index in [1.165, 1.54) is 4.90 Å². The maximum absolute atomic E-state index is 12.5. The van der Waals surface area contributed by atoms with Crippen molar-refractivity contribution < 1.29 is 9.90 Å². The minimum Gasteiger partial charge on any atom is -0.396 e. The maximum atomic E-state index is 12.5. The number of carbonyl (C=O) groups excluding carboxylic acids is 1. The van der Waals surface area contributed by atoms with E-state index in [9.17, 15) is 4.79 Å². The van der Waals surface area contributed by atoms with E-state index in [2.05, 4.69) is 0 Å². The summed E-state index contributed by atoms with van der Waals surface area (Å²) in [5, 5.41) is 9.12. The van der Waals surface area contributed by atoms with Gasteiger partial charge in [0.2, 0.25) is 0 Å². The number of amides is 1. The maximum Gasteiger partial charge on any atom is 0.254 e. The molecule has 0 bridgehead atoms. The van der Waals surface area contributed by atoms with E-state index in [1.807, 2.05) is 35.4 Å². The molecule has 0 spiro atoms. The number of piperidine rings is 1. The smallest absolute Gasteiger partial charge is 0.254 e. The molecule has 0 aromatic heterocycles. The molecule has 0 aliphatic carbocycles. The van der Waals surface area contributed by atoms with Crippen LogP contribution in [0.5, 0.6) is 0 Å². The first kappa shape index (κ1) is 14.4. The third-order valence-corrected chi connectivity index (χ3v) is 4.43. The normalized spacial score (nSPS) is 19.5. The van der Waals surface area contributed by atoms with Crippen molar-refractivity contribution in [2.45, 2.75) is 36.6 Å². The molecule has 104 valence electrons. The van der Waals surface area contributed by atoms with Crippen LogP contribution in [0, 0.1) is 0 Å². The van der Waals surface area contributed by atoms with Gasteiger partial charge in [0, 0.05) is 29.7 Å². The fraction of sp³-hybridized carbons (Fsp3) is 0.533. The highest BCUT2D eigenvalue weighted by Gasteiger charge is 2.26. The molecule has 1 heterocycles. The number of hydrogen-bond donors (Lipinski definition) is 1. The molecule has 1 atom stereocenters. The number of thioether (sulfide) groups is 1. The Morgan fingerprint density at radius 3 is 2.74 bits per heavy atom. The summed E-state index contributed by atoms with van der Waals surface area (Å²) in [5.74, 6) is 0.103. The Hall–Kier alpha value is -1.00. The van der Waals surface area contributed by atoms with Crippen molar-refractivity contribution in [3.05, 3.63) is 29.8 Å². The number of rotatable bonds is 4.